The maximum atomic E-state index is 13.3. The second kappa shape index (κ2) is 8.53. The van der Waals surface area contributed by atoms with Crippen LogP contribution in [0.15, 0.2) is 69.6 Å². The largest absolute Gasteiger partial charge is 0.481 e. The number of nitrogens with zero attached hydrogens (tertiary/aromatic N) is 1. The SMILES string of the molecule is O=C(O)CCc1cc(Br)c(OC(=O)c2c3ccccc3nc3ccccc23)c(Br)c1. The highest BCUT2D eigenvalue weighted by Gasteiger charge is 2.20. The van der Waals surface area contributed by atoms with Crippen LogP contribution in [0.25, 0.3) is 21.8 Å². The molecule has 5 nitrogen and oxygen atoms in total. The molecule has 0 spiro atoms. The van der Waals surface area contributed by atoms with E-state index in [1.807, 2.05) is 48.5 Å². The van der Waals surface area contributed by atoms with Crippen molar-refractivity contribution in [3.05, 3.63) is 80.7 Å². The number of hydrogen-bond donors (Lipinski definition) is 1. The van der Waals surface area contributed by atoms with Crippen molar-refractivity contribution in [2.75, 3.05) is 0 Å². The maximum absolute atomic E-state index is 13.3. The number of halogens is 2. The molecule has 0 aliphatic heterocycles. The molecule has 3 aromatic carbocycles. The number of para-hydroxylation sites is 2. The number of aromatic nitrogens is 1. The molecule has 150 valence electrons. The Bertz CT molecular complexity index is 1230. The smallest absolute Gasteiger partial charge is 0.344 e. The van der Waals surface area contributed by atoms with Gasteiger partial charge in [-0.1, -0.05) is 36.4 Å². The molecule has 0 aliphatic rings. The van der Waals surface area contributed by atoms with Gasteiger partial charge >= 0.3 is 11.9 Å². The second-order valence-electron chi connectivity index (χ2n) is 6.69. The number of carboxylic acid groups (broad SMARTS) is 1. The quantitative estimate of drug-likeness (QED) is 0.191. The molecular weight excluding hydrogens is 514 g/mol. The van der Waals surface area contributed by atoms with Gasteiger partial charge in [0.25, 0.3) is 0 Å². The molecule has 1 aromatic heterocycles. The lowest BCUT2D eigenvalue weighted by Crippen LogP contribution is -2.11. The maximum Gasteiger partial charge on any atom is 0.344 e. The molecule has 30 heavy (non-hydrogen) atoms. The van der Waals surface area contributed by atoms with Crippen LogP contribution in [0.3, 0.4) is 0 Å². The van der Waals surface area contributed by atoms with Crippen LogP contribution in [0.2, 0.25) is 0 Å². The molecule has 0 saturated heterocycles. The number of aryl methyl sites for hydroxylation is 1. The number of aliphatic carboxylic acids is 1. The molecule has 0 amide bonds. The van der Waals surface area contributed by atoms with E-state index in [-0.39, 0.29) is 6.42 Å². The third kappa shape index (κ3) is 4.08. The van der Waals surface area contributed by atoms with Crippen LogP contribution in [0, 0.1) is 0 Å². The Kier molecular flexibility index (Phi) is 5.83. The molecule has 0 fully saturated rings. The Balaban J connectivity index is 1.76. The molecule has 0 bridgehead atoms. The first-order valence-corrected chi connectivity index (χ1v) is 10.7. The number of esters is 1. The molecule has 0 aliphatic carbocycles. The van der Waals surface area contributed by atoms with Crippen LogP contribution in [-0.4, -0.2) is 22.0 Å². The minimum atomic E-state index is -0.866. The van der Waals surface area contributed by atoms with Gasteiger partial charge in [0.05, 0.1) is 25.5 Å². The minimum Gasteiger partial charge on any atom is -0.481 e. The third-order valence-corrected chi connectivity index (χ3v) is 5.85. The van der Waals surface area contributed by atoms with Gasteiger partial charge in [-0.2, -0.15) is 0 Å². The molecule has 4 rings (SSSR count). The molecule has 1 N–H and O–H groups in total. The Morgan fingerprint density at radius 2 is 1.43 bits per heavy atom. The highest BCUT2D eigenvalue weighted by molar-refractivity contribution is 9.11. The topological polar surface area (TPSA) is 76.5 Å². The third-order valence-electron chi connectivity index (χ3n) is 4.67. The van der Waals surface area contributed by atoms with Gasteiger partial charge in [-0.15, -0.1) is 0 Å². The zero-order valence-electron chi connectivity index (χ0n) is 15.6. The molecule has 0 saturated carbocycles. The fourth-order valence-electron chi connectivity index (χ4n) is 3.31. The summed E-state index contributed by atoms with van der Waals surface area (Å²) in [7, 11) is 0. The van der Waals surface area contributed by atoms with Crippen molar-refractivity contribution in [3.63, 3.8) is 0 Å². The van der Waals surface area contributed by atoms with Gasteiger partial charge in [0.15, 0.2) is 5.75 Å². The summed E-state index contributed by atoms with van der Waals surface area (Å²) in [6, 6.07) is 18.4. The van der Waals surface area contributed by atoms with Crippen LogP contribution >= 0.6 is 31.9 Å². The number of benzene rings is 3. The summed E-state index contributed by atoms with van der Waals surface area (Å²) >= 11 is 6.88. The highest BCUT2D eigenvalue weighted by Crippen LogP contribution is 2.36. The van der Waals surface area contributed by atoms with Crippen molar-refractivity contribution in [1.82, 2.24) is 4.98 Å². The van der Waals surface area contributed by atoms with Gasteiger partial charge < -0.3 is 9.84 Å². The normalized spacial score (nSPS) is 11.0. The molecule has 1 heterocycles. The Hall–Kier alpha value is -2.77. The van der Waals surface area contributed by atoms with Gasteiger partial charge in [-0.25, -0.2) is 9.78 Å². The van der Waals surface area contributed by atoms with Crippen LogP contribution in [0.4, 0.5) is 0 Å². The average molecular weight is 529 g/mol. The van der Waals surface area contributed by atoms with E-state index in [9.17, 15) is 9.59 Å². The lowest BCUT2D eigenvalue weighted by molar-refractivity contribution is -0.136. The number of carbonyl (C=O) groups excluding carboxylic acids is 1. The van der Waals surface area contributed by atoms with E-state index in [2.05, 4.69) is 36.8 Å². The van der Waals surface area contributed by atoms with Crippen LogP contribution in [0.1, 0.15) is 22.3 Å². The lowest BCUT2D eigenvalue weighted by Gasteiger charge is -2.13. The summed E-state index contributed by atoms with van der Waals surface area (Å²) in [6.07, 6.45) is 0.396. The summed E-state index contributed by atoms with van der Waals surface area (Å²) in [4.78, 5) is 28.7. The number of hydrogen-bond acceptors (Lipinski definition) is 4. The highest BCUT2D eigenvalue weighted by atomic mass is 79.9. The lowest BCUT2D eigenvalue weighted by atomic mass is 10.0. The molecular formula is C23H15Br2NO4. The van der Waals surface area contributed by atoms with E-state index in [4.69, 9.17) is 9.84 Å². The predicted octanol–water partition coefficient (Wildman–Crippen LogP) is 6.15. The molecule has 0 radical (unpaired) electrons. The number of ether oxygens (including phenoxy) is 1. The predicted molar refractivity (Wildman–Crippen MR) is 122 cm³/mol. The van der Waals surface area contributed by atoms with Crippen molar-refractivity contribution < 1.29 is 19.4 Å². The molecule has 4 aromatic rings. The molecule has 7 heteroatoms. The van der Waals surface area contributed by atoms with Crippen molar-refractivity contribution in [2.24, 2.45) is 0 Å². The summed E-state index contributed by atoms with van der Waals surface area (Å²) in [5.74, 6) is -1.03. The standard InChI is InChI=1S/C23H15Br2NO4/c24-16-11-13(9-10-20(27)28)12-17(25)22(16)30-23(29)21-14-5-1-3-7-18(14)26-19-8-4-2-6-15(19)21/h1-8,11-12H,9-10H2,(H,27,28). The average Bonchev–Trinajstić information content (AvgIpc) is 2.72. The van der Waals surface area contributed by atoms with E-state index in [0.29, 0.717) is 48.5 Å². The fourth-order valence-corrected chi connectivity index (χ4v) is 4.75. The number of pyridine rings is 1. The number of carbonyl (C=O) groups is 2. The zero-order valence-corrected chi connectivity index (χ0v) is 18.7. The summed E-state index contributed by atoms with van der Waals surface area (Å²) in [6.45, 7) is 0. The monoisotopic (exact) mass is 527 g/mol. The molecule has 0 unspecified atom stereocenters. The van der Waals surface area contributed by atoms with Crippen molar-refractivity contribution in [1.29, 1.82) is 0 Å². The minimum absolute atomic E-state index is 0.0208. The Labute approximate surface area is 188 Å². The summed E-state index contributed by atoms with van der Waals surface area (Å²) < 4.78 is 6.91. The van der Waals surface area contributed by atoms with Gasteiger partial charge in [-0.05, 0) is 68.1 Å². The van der Waals surface area contributed by atoms with E-state index in [1.54, 1.807) is 12.1 Å². The Morgan fingerprint density at radius 1 is 0.900 bits per heavy atom. The van der Waals surface area contributed by atoms with E-state index in [1.165, 1.54) is 0 Å². The fraction of sp³-hybridized carbons (Fsp3) is 0.0870. The second-order valence-corrected chi connectivity index (χ2v) is 8.40. The Morgan fingerprint density at radius 3 is 1.97 bits per heavy atom. The molecule has 0 atom stereocenters. The van der Waals surface area contributed by atoms with E-state index >= 15 is 0 Å². The van der Waals surface area contributed by atoms with Crippen LogP contribution < -0.4 is 4.74 Å². The van der Waals surface area contributed by atoms with Crippen molar-refractivity contribution in [3.8, 4) is 5.75 Å². The van der Waals surface area contributed by atoms with E-state index < -0.39 is 11.9 Å². The van der Waals surface area contributed by atoms with Crippen molar-refractivity contribution >= 4 is 65.6 Å². The van der Waals surface area contributed by atoms with Crippen LogP contribution in [0.5, 0.6) is 5.75 Å². The van der Waals surface area contributed by atoms with Crippen molar-refractivity contribution in [2.45, 2.75) is 12.8 Å². The van der Waals surface area contributed by atoms with Gasteiger partial charge in [0.2, 0.25) is 0 Å². The summed E-state index contributed by atoms with van der Waals surface area (Å²) in [5.41, 5.74) is 2.69. The number of fused-ring (bicyclic) bond motifs is 2. The van der Waals surface area contributed by atoms with Crippen LogP contribution in [-0.2, 0) is 11.2 Å². The first kappa shape index (κ1) is 20.5. The van der Waals surface area contributed by atoms with Gasteiger partial charge in [0.1, 0.15) is 0 Å². The first-order chi connectivity index (χ1) is 14.4. The first-order valence-electron chi connectivity index (χ1n) is 9.13. The van der Waals surface area contributed by atoms with E-state index in [0.717, 1.165) is 5.56 Å². The number of rotatable bonds is 5. The summed E-state index contributed by atoms with van der Waals surface area (Å²) in [5, 5.41) is 10.3. The number of carboxylic acids is 1. The zero-order chi connectivity index (χ0) is 21.3. The van der Waals surface area contributed by atoms with Gasteiger partial charge in [0, 0.05) is 17.2 Å². The van der Waals surface area contributed by atoms with Gasteiger partial charge in [-0.3, -0.25) is 4.79 Å².